The Morgan fingerprint density at radius 3 is 2.59 bits per heavy atom. The molecule has 2 atom stereocenters. The SMILES string of the molecule is O=C(COc1ccc(Cl)c(F)c1)NC1CCC(C(=O)Nc2cccc(C(F)(F)F)c2)NC1. The monoisotopic (exact) mass is 473 g/mol. The zero-order chi connectivity index (χ0) is 23.3. The Kier molecular flexibility index (Phi) is 7.57. The number of nitrogens with one attached hydrogen (secondary N) is 3. The van der Waals surface area contributed by atoms with Crippen molar-refractivity contribution in [3.63, 3.8) is 0 Å². The fraction of sp³-hybridized carbons (Fsp3) is 0.333. The van der Waals surface area contributed by atoms with Crippen LogP contribution in [-0.4, -0.2) is 37.0 Å². The minimum Gasteiger partial charge on any atom is -0.484 e. The average Bonchev–Trinajstić information content (AvgIpc) is 2.74. The third-order valence-corrected chi connectivity index (χ3v) is 5.12. The highest BCUT2D eigenvalue weighted by Gasteiger charge is 2.31. The standard InChI is InChI=1S/C21H20ClF4N3O3/c22-16-6-5-15(9-17(16)23)32-11-19(30)28-14-4-7-18(27-10-14)20(31)29-13-3-1-2-12(8-13)21(24,25)26/h1-3,5-6,8-9,14,18,27H,4,7,10-11H2,(H,28,30)(H,29,31). The molecule has 32 heavy (non-hydrogen) atoms. The lowest BCUT2D eigenvalue weighted by atomic mass is 10.00. The first-order chi connectivity index (χ1) is 15.1. The summed E-state index contributed by atoms with van der Waals surface area (Å²) in [5.74, 6) is -1.37. The van der Waals surface area contributed by atoms with Gasteiger partial charge in [-0.1, -0.05) is 17.7 Å². The number of benzene rings is 2. The lowest BCUT2D eigenvalue weighted by Crippen LogP contribution is -2.53. The number of alkyl halides is 3. The summed E-state index contributed by atoms with van der Waals surface area (Å²) >= 11 is 5.59. The first kappa shape index (κ1) is 23.8. The molecule has 1 aliphatic heterocycles. The topological polar surface area (TPSA) is 79.5 Å². The van der Waals surface area contributed by atoms with E-state index in [1.807, 2.05) is 0 Å². The van der Waals surface area contributed by atoms with Gasteiger partial charge in [-0.25, -0.2) is 4.39 Å². The number of carbonyl (C=O) groups excluding carboxylic acids is 2. The summed E-state index contributed by atoms with van der Waals surface area (Å²) in [5, 5.41) is 8.14. The van der Waals surface area contributed by atoms with E-state index < -0.39 is 35.4 Å². The van der Waals surface area contributed by atoms with Crippen molar-refractivity contribution in [1.29, 1.82) is 0 Å². The number of rotatable bonds is 6. The van der Waals surface area contributed by atoms with Gasteiger partial charge in [-0.05, 0) is 43.2 Å². The maximum atomic E-state index is 13.4. The van der Waals surface area contributed by atoms with Crippen LogP contribution in [0.2, 0.25) is 5.02 Å². The number of carbonyl (C=O) groups is 2. The molecule has 0 bridgehead atoms. The molecule has 1 fully saturated rings. The number of hydrogen-bond donors (Lipinski definition) is 3. The highest BCUT2D eigenvalue weighted by Crippen LogP contribution is 2.30. The highest BCUT2D eigenvalue weighted by atomic mass is 35.5. The summed E-state index contributed by atoms with van der Waals surface area (Å²) in [7, 11) is 0. The smallest absolute Gasteiger partial charge is 0.416 e. The molecular formula is C21H20ClF4N3O3. The van der Waals surface area contributed by atoms with Gasteiger partial charge < -0.3 is 20.7 Å². The Balaban J connectivity index is 1.43. The van der Waals surface area contributed by atoms with Crippen molar-refractivity contribution in [2.75, 3.05) is 18.5 Å². The molecule has 0 aromatic heterocycles. The van der Waals surface area contributed by atoms with Gasteiger partial charge in [-0.15, -0.1) is 0 Å². The van der Waals surface area contributed by atoms with Crippen LogP contribution in [-0.2, 0) is 15.8 Å². The summed E-state index contributed by atoms with van der Waals surface area (Å²) in [6.45, 7) is -0.0287. The lowest BCUT2D eigenvalue weighted by molar-refractivity contribution is -0.137. The lowest BCUT2D eigenvalue weighted by Gasteiger charge is -2.29. The summed E-state index contributed by atoms with van der Waals surface area (Å²) in [6, 6.07) is 7.37. The minimum atomic E-state index is -4.50. The van der Waals surface area contributed by atoms with Crippen molar-refractivity contribution in [2.45, 2.75) is 31.1 Å². The summed E-state index contributed by atoms with van der Waals surface area (Å²) in [5.41, 5.74) is -0.795. The van der Waals surface area contributed by atoms with Gasteiger partial charge in [-0.2, -0.15) is 13.2 Å². The maximum Gasteiger partial charge on any atom is 0.416 e. The Morgan fingerprint density at radius 1 is 1.16 bits per heavy atom. The van der Waals surface area contributed by atoms with Gasteiger partial charge in [0.05, 0.1) is 16.6 Å². The molecule has 3 N–H and O–H groups in total. The Labute approximate surface area is 186 Å². The third kappa shape index (κ3) is 6.57. The van der Waals surface area contributed by atoms with Crippen LogP contribution in [0.25, 0.3) is 0 Å². The molecule has 3 rings (SSSR count). The molecule has 2 unspecified atom stereocenters. The molecule has 0 aliphatic carbocycles. The summed E-state index contributed by atoms with van der Waals surface area (Å²) < 4.78 is 57.0. The molecule has 0 spiro atoms. The van der Waals surface area contributed by atoms with Crippen molar-refractivity contribution >= 4 is 29.1 Å². The minimum absolute atomic E-state index is 0.0536. The van der Waals surface area contributed by atoms with Gasteiger partial charge in [0.25, 0.3) is 5.91 Å². The molecule has 1 heterocycles. The Hall–Kier alpha value is -2.85. The van der Waals surface area contributed by atoms with Crippen LogP contribution in [0.5, 0.6) is 5.75 Å². The van der Waals surface area contributed by atoms with Gasteiger partial charge in [-0.3, -0.25) is 9.59 Å². The van der Waals surface area contributed by atoms with Crippen LogP contribution in [0.3, 0.4) is 0 Å². The zero-order valence-corrected chi connectivity index (χ0v) is 17.4. The van der Waals surface area contributed by atoms with Crippen LogP contribution in [0.15, 0.2) is 42.5 Å². The van der Waals surface area contributed by atoms with Crippen LogP contribution < -0.4 is 20.7 Å². The molecular weight excluding hydrogens is 454 g/mol. The first-order valence-electron chi connectivity index (χ1n) is 9.70. The fourth-order valence-electron chi connectivity index (χ4n) is 3.19. The summed E-state index contributed by atoms with van der Waals surface area (Å²) in [4.78, 5) is 24.4. The van der Waals surface area contributed by atoms with E-state index in [9.17, 15) is 27.2 Å². The van der Waals surface area contributed by atoms with Crippen molar-refractivity contribution in [2.24, 2.45) is 0 Å². The Morgan fingerprint density at radius 2 is 1.94 bits per heavy atom. The number of halogens is 5. The van der Waals surface area contributed by atoms with E-state index in [-0.39, 0.29) is 29.1 Å². The molecule has 1 aliphatic rings. The largest absolute Gasteiger partial charge is 0.484 e. The maximum absolute atomic E-state index is 13.4. The van der Waals surface area contributed by atoms with E-state index in [4.69, 9.17) is 16.3 Å². The summed E-state index contributed by atoms with van der Waals surface area (Å²) in [6.07, 6.45) is -3.64. The number of hydrogen-bond acceptors (Lipinski definition) is 4. The molecule has 2 amide bonds. The van der Waals surface area contributed by atoms with Gasteiger partial charge in [0, 0.05) is 24.3 Å². The van der Waals surface area contributed by atoms with Crippen LogP contribution >= 0.6 is 11.6 Å². The number of anilines is 1. The highest BCUT2D eigenvalue weighted by molar-refractivity contribution is 6.30. The second-order valence-corrected chi connectivity index (χ2v) is 7.64. The van der Waals surface area contributed by atoms with E-state index in [0.717, 1.165) is 18.2 Å². The number of piperidine rings is 1. The molecule has 0 radical (unpaired) electrons. The number of ether oxygens (including phenoxy) is 1. The molecule has 6 nitrogen and oxygen atoms in total. The predicted octanol–water partition coefficient (Wildman–Crippen LogP) is 3.75. The fourth-order valence-corrected chi connectivity index (χ4v) is 3.31. The molecule has 11 heteroatoms. The van der Waals surface area contributed by atoms with Gasteiger partial charge in [0.15, 0.2) is 6.61 Å². The quantitative estimate of drug-likeness (QED) is 0.558. The van der Waals surface area contributed by atoms with Crippen molar-refractivity contribution < 1.29 is 31.9 Å². The van der Waals surface area contributed by atoms with Gasteiger partial charge in [0.1, 0.15) is 11.6 Å². The molecule has 2 aromatic carbocycles. The third-order valence-electron chi connectivity index (χ3n) is 4.81. The van der Waals surface area contributed by atoms with Crippen LogP contribution in [0.4, 0.5) is 23.2 Å². The zero-order valence-electron chi connectivity index (χ0n) is 16.6. The van der Waals surface area contributed by atoms with E-state index in [1.165, 1.54) is 24.3 Å². The predicted molar refractivity (Wildman–Crippen MR) is 110 cm³/mol. The molecule has 172 valence electrons. The van der Waals surface area contributed by atoms with Crippen molar-refractivity contribution in [3.8, 4) is 5.75 Å². The normalized spacial score (nSPS) is 18.7. The van der Waals surface area contributed by atoms with Crippen LogP contribution in [0, 0.1) is 5.82 Å². The average molecular weight is 474 g/mol. The second kappa shape index (κ2) is 10.2. The Bertz CT molecular complexity index is 979. The molecule has 0 saturated carbocycles. The van der Waals surface area contributed by atoms with Crippen LogP contribution in [0.1, 0.15) is 18.4 Å². The van der Waals surface area contributed by atoms with Crippen molar-refractivity contribution in [3.05, 3.63) is 58.9 Å². The first-order valence-corrected chi connectivity index (χ1v) is 10.1. The number of amides is 2. The molecule has 1 saturated heterocycles. The van der Waals surface area contributed by atoms with E-state index >= 15 is 0 Å². The molecule has 2 aromatic rings. The van der Waals surface area contributed by atoms with E-state index in [0.29, 0.717) is 19.4 Å². The van der Waals surface area contributed by atoms with Crippen molar-refractivity contribution in [1.82, 2.24) is 10.6 Å². The van der Waals surface area contributed by atoms with E-state index in [2.05, 4.69) is 16.0 Å². The van der Waals surface area contributed by atoms with Gasteiger partial charge in [0.2, 0.25) is 5.91 Å². The van der Waals surface area contributed by atoms with E-state index in [1.54, 1.807) is 0 Å². The second-order valence-electron chi connectivity index (χ2n) is 7.24. The van der Waals surface area contributed by atoms with Gasteiger partial charge >= 0.3 is 6.18 Å².